The summed E-state index contributed by atoms with van der Waals surface area (Å²) in [6.45, 7) is 16.6. The van der Waals surface area contributed by atoms with Crippen molar-refractivity contribution in [3.8, 4) is 0 Å². The van der Waals surface area contributed by atoms with Gasteiger partial charge in [-0.2, -0.15) is 4.91 Å². The molecular formula is C43H67F2N7O5. The van der Waals surface area contributed by atoms with Gasteiger partial charge in [-0.05, 0) is 92.8 Å². The van der Waals surface area contributed by atoms with Gasteiger partial charge in [0.1, 0.15) is 17.7 Å². The van der Waals surface area contributed by atoms with Crippen LogP contribution in [0.2, 0.25) is 0 Å². The number of unbranched alkanes of at least 4 members (excludes halogenated alkanes) is 1. The van der Waals surface area contributed by atoms with Crippen LogP contribution >= 0.6 is 0 Å². The van der Waals surface area contributed by atoms with Crippen molar-refractivity contribution in [1.29, 1.82) is 0 Å². The Balaban J connectivity index is 0.00000273. The number of halogens is 2. The van der Waals surface area contributed by atoms with E-state index in [1.54, 1.807) is 26.0 Å². The fourth-order valence-corrected chi connectivity index (χ4v) is 6.06. The molecule has 0 fully saturated rings. The highest BCUT2D eigenvalue weighted by atomic mass is 19.1. The lowest BCUT2D eigenvalue weighted by Gasteiger charge is -2.41. The maximum absolute atomic E-state index is 14.6. The van der Waals surface area contributed by atoms with E-state index in [1.165, 1.54) is 17.4 Å². The van der Waals surface area contributed by atoms with Crippen LogP contribution in [-0.2, 0) is 25.6 Å². The van der Waals surface area contributed by atoms with E-state index < -0.39 is 53.5 Å². The zero-order chi connectivity index (χ0) is 43.6. The molecule has 12 nitrogen and oxygen atoms in total. The molecule has 0 spiro atoms. The van der Waals surface area contributed by atoms with Gasteiger partial charge < -0.3 is 32.3 Å². The summed E-state index contributed by atoms with van der Waals surface area (Å²) in [6.07, 6.45) is 6.27. The zero-order valence-corrected chi connectivity index (χ0v) is 35.4. The summed E-state index contributed by atoms with van der Waals surface area (Å²) < 4.78 is 28.6. The van der Waals surface area contributed by atoms with Gasteiger partial charge in [0.25, 0.3) is 0 Å². The Morgan fingerprint density at radius 3 is 2.05 bits per heavy atom. The number of allylic oxidation sites excluding steroid dienone is 3. The lowest BCUT2D eigenvalue weighted by Crippen LogP contribution is -2.52. The number of rotatable bonds is 20. The minimum atomic E-state index is -1.04. The number of nitroso groups, excluding NO2 is 1. The number of benzene rings is 2. The molecule has 0 saturated carbocycles. The molecule has 3 atom stereocenters. The first-order valence-corrected chi connectivity index (χ1v) is 19.7. The van der Waals surface area contributed by atoms with E-state index in [4.69, 9.17) is 11.5 Å². The van der Waals surface area contributed by atoms with E-state index >= 15 is 0 Å². The van der Waals surface area contributed by atoms with Crippen molar-refractivity contribution in [3.63, 3.8) is 0 Å². The minimum Gasteiger partial charge on any atom is -0.353 e. The van der Waals surface area contributed by atoms with Crippen LogP contribution in [0.4, 0.5) is 8.78 Å². The Morgan fingerprint density at radius 2 is 1.54 bits per heavy atom. The Morgan fingerprint density at radius 1 is 0.930 bits per heavy atom. The highest BCUT2D eigenvalue weighted by Gasteiger charge is 2.35. The van der Waals surface area contributed by atoms with E-state index in [0.29, 0.717) is 37.0 Å². The van der Waals surface area contributed by atoms with Crippen LogP contribution in [0, 0.1) is 22.0 Å². The Bertz CT molecular complexity index is 1600. The highest BCUT2D eigenvalue weighted by Crippen LogP contribution is 2.33. The highest BCUT2D eigenvalue weighted by molar-refractivity contribution is 5.87. The molecular weight excluding hydrogens is 733 g/mol. The molecule has 0 bridgehead atoms. The molecule has 2 aromatic carbocycles. The van der Waals surface area contributed by atoms with E-state index in [1.807, 2.05) is 40.7 Å². The van der Waals surface area contributed by atoms with Crippen molar-refractivity contribution < 1.29 is 28.0 Å². The molecule has 318 valence electrons. The molecule has 3 unspecified atom stereocenters. The topological polar surface area (TPSA) is 189 Å². The van der Waals surface area contributed by atoms with E-state index in [-0.39, 0.29) is 43.4 Å². The van der Waals surface area contributed by atoms with E-state index in [0.717, 1.165) is 24.6 Å². The van der Waals surface area contributed by atoms with Crippen molar-refractivity contribution in [2.24, 2.45) is 22.1 Å². The summed E-state index contributed by atoms with van der Waals surface area (Å²) in [5.74, 6) is -3.03. The third-order valence-corrected chi connectivity index (χ3v) is 8.65. The van der Waals surface area contributed by atoms with Crippen molar-refractivity contribution in [2.75, 3.05) is 32.7 Å². The van der Waals surface area contributed by atoms with Gasteiger partial charge in [0, 0.05) is 32.1 Å². The Hall–Kier alpha value is -4.82. The number of hydrogen-bond donors (Lipinski definition) is 5. The second kappa shape index (κ2) is 28.6. The average Bonchev–Trinajstić information content (AvgIpc) is 3.18. The molecule has 0 saturated heterocycles. The number of amides is 4. The molecule has 14 heteroatoms. The van der Waals surface area contributed by atoms with Crippen molar-refractivity contribution in [3.05, 3.63) is 93.9 Å². The third-order valence-electron chi connectivity index (χ3n) is 8.65. The second-order valence-electron chi connectivity index (χ2n) is 14.3. The van der Waals surface area contributed by atoms with Gasteiger partial charge >= 0.3 is 0 Å². The molecule has 4 amide bonds. The molecule has 57 heavy (non-hydrogen) atoms. The largest absolute Gasteiger partial charge is 0.353 e. The van der Waals surface area contributed by atoms with Gasteiger partial charge in [0.2, 0.25) is 23.6 Å². The van der Waals surface area contributed by atoms with Gasteiger partial charge in [-0.1, -0.05) is 89.2 Å². The molecule has 0 aliphatic rings. The lowest BCUT2D eigenvalue weighted by atomic mass is 9.80. The van der Waals surface area contributed by atoms with E-state index in [9.17, 15) is 32.9 Å². The van der Waals surface area contributed by atoms with Gasteiger partial charge in [0.15, 0.2) is 6.54 Å². The zero-order valence-electron chi connectivity index (χ0n) is 35.4. The quantitative estimate of drug-likeness (QED) is 0.0600. The fraction of sp³-hybridized carbons (Fsp3) is 0.535. The monoisotopic (exact) mass is 800 g/mol. The molecule has 2 rings (SSSR count). The molecule has 2 aromatic rings. The maximum Gasteiger partial charge on any atom is 0.248 e. The van der Waals surface area contributed by atoms with Crippen molar-refractivity contribution >= 4 is 29.2 Å². The van der Waals surface area contributed by atoms with Crippen LogP contribution in [0.1, 0.15) is 99.1 Å². The molecule has 0 aromatic heterocycles. The summed E-state index contributed by atoms with van der Waals surface area (Å²) in [5, 5.41) is 10.7. The first-order valence-electron chi connectivity index (χ1n) is 19.7. The first kappa shape index (κ1) is 52.2. The molecule has 0 heterocycles. The molecule has 0 aliphatic carbocycles. The van der Waals surface area contributed by atoms with Crippen LogP contribution in [0.3, 0.4) is 0 Å². The fourth-order valence-electron chi connectivity index (χ4n) is 6.06. The van der Waals surface area contributed by atoms with Crippen molar-refractivity contribution in [2.45, 2.75) is 113 Å². The number of hydrogen-bond acceptors (Lipinski definition) is 8. The molecule has 7 N–H and O–H groups in total. The van der Waals surface area contributed by atoms with Gasteiger partial charge in [0.05, 0.1) is 12.1 Å². The first-order chi connectivity index (χ1) is 27.0. The second-order valence-corrected chi connectivity index (χ2v) is 14.3. The van der Waals surface area contributed by atoms with E-state index in [2.05, 4.69) is 52.3 Å². The summed E-state index contributed by atoms with van der Waals surface area (Å²) in [6, 6.07) is 11.2. The molecule has 0 radical (unpaired) electrons. The van der Waals surface area contributed by atoms with Crippen LogP contribution in [-0.4, -0.2) is 79.4 Å². The van der Waals surface area contributed by atoms with Crippen LogP contribution < -0.4 is 27.4 Å². The van der Waals surface area contributed by atoms with Crippen LogP contribution in [0.5, 0.6) is 0 Å². The van der Waals surface area contributed by atoms with Crippen LogP contribution in [0.15, 0.2) is 71.4 Å². The number of nitrogens with zero attached hydrogens (tertiary/aromatic N) is 2. The summed E-state index contributed by atoms with van der Waals surface area (Å²) in [4.78, 5) is 62.5. The maximum atomic E-state index is 14.6. The normalized spacial score (nSPS) is 13.0. The SMILES string of the molecule is C/C=C(\C=C(/C)C(N(CCC(N)C(=O)NCCNC(=O)C(CCCCN)NC(C)=O)C(=O)CN=O)C(C)(C)C)c1cc(F)ccc1F.CC.CCc1ccccc1. The Kier molecular flexibility index (Phi) is 26.1. The summed E-state index contributed by atoms with van der Waals surface area (Å²) in [5.41, 5.74) is 13.6. The number of nitrogens with one attached hydrogen (secondary N) is 3. The van der Waals surface area contributed by atoms with Gasteiger partial charge in [-0.3, -0.25) is 19.2 Å². The number of aryl methyl sites for hydroxylation is 1. The lowest BCUT2D eigenvalue weighted by molar-refractivity contribution is -0.134. The predicted molar refractivity (Wildman–Crippen MR) is 226 cm³/mol. The number of carbonyl (C=O) groups excluding carboxylic acids is 4. The number of nitrogens with two attached hydrogens (primary N) is 2. The molecule has 0 aliphatic heterocycles. The number of carbonyl (C=O) groups is 4. The van der Waals surface area contributed by atoms with Gasteiger partial charge in [-0.15, -0.1) is 0 Å². The van der Waals surface area contributed by atoms with Crippen LogP contribution in [0.25, 0.3) is 5.57 Å². The smallest absolute Gasteiger partial charge is 0.248 e. The van der Waals surface area contributed by atoms with Crippen molar-refractivity contribution in [1.82, 2.24) is 20.9 Å². The minimum absolute atomic E-state index is 0.00646. The van der Waals surface area contributed by atoms with Gasteiger partial charge in [-0.25, -0.2) is 8.78 Å². The average molecular weight is 800 g/mol. The Labute approximate surface area is 338 Å². The standard InChI is InChI=1S/C33H51F2N7O5.C8H10.C2H6/c1-7-23(25-19-24(34)11-12-26(25)35)18-21(2)30(33(4,5)6)42(29(44)20-40-47)17-13-27(37)31(45)38-15-16-39-32(46)28(41-22(3)43)10-8-9-14-36;1-2-8-6-4-3-5-7-8;1-2/h7,11-12,18-19,27-28,30H,8-10,13-17,20,36-37H2,1-6H3,(H,38,45)(H,39,46)(H,41,43);3-7H,2H2,1H3;1-2H3/b21-18+,23-7+;;. The third kappa shape index (κ3) is 20.3. The summed E-state index contributed by atoms with van der Waals surface area (Å²) >= 11 is 0. The predicted octanol–water partition coefficient (Wildman–Crippen LogP) is 6.18. The summed E-state index contributed by atoms with van der Waals surface area (Å²) in [7, 11) is 0.